The van der Waals surface area contributed by atoms with Crippen LogP contribution >= 0.6 is 0 Å². The first kappa shape index (κ1) is 24.2. The van der Waals surface area contributed by atoms with Gasteiger partial charge in [-0.05, 0) is 57.0 Å². The molecule has 182 valence electrons. The monoisotopic (exact) mass is 490 g/mol. The van der Waals surface area contributed by atoms with Crippen LogP contribution in [0.5, 0.6) is 5.75 Å². The topological polar surface area (TPSA) is 109 Å². The molecule has 0 unspecified atom stereocenters. The second kappa shape index (κ2) is 9.36. The maximum absolute atomic E-state index is 13.5. The van der Waals surface area contributed by atoms with E-state index >= 15 is 0 Å². The summed E-state index contributed by atoms with van der Waals surface area (Å²) in [5.41, 5.74) is 0.851. The van der Waals surface area contributed by atoms with Gasteiger partial charge < -0.3 is 19.6 Å². The van der Waals surface area contributed by atoms with Crippen molar-refractivity contribution in [2.45, 2.75) is 43.8 Å². The van der Waals surface area contributed by atoms with E-state index in [0.717, 1.165) is 0 Å². The van der Waals surface area contributed by atoms with Gasteiger partial charge in [-0.1, -0.05) is 0 Å². The van der Waals surface area contributed by atoms with Crippen LogP contribution in [0, 0.1) is 5.82 Å². The first-order valence-corrected chi connectivity index (χ1v) is 12.5. The number of furan rings is 1. The predicted octanol–water partition coefficient (Wildman–Crippen LogP) is 3.53. The number of sulfonamides is 1. The minimum atomic E-state index is -3.97. The Morgan fingerprint density at radius 1 is 1.21 bits per heavy atom. The molecule has 10 heteroatoms. The fraction of sp³-hybridized carbons (Fsp3) is 0.375. The number of nitrogens with one attached hydrogen (secondary N) is 1. The fourth-order valence-corrected chi connectivity index (χ4v) is 5.62. The highest BCUT2D eigenvalue weighted by atomic mass is 32.2. The van der Waals surface area contributed by atoms with Gasteiger partial charge in [0.15, 0.2) is 0 Å². The second-order valence-corrected chi connectivity index (χ2v) is 10.4. The predicted molar refractivity (Wildman–Crippen MR) is 125 cm³/mol. The fourth-order valence-electron chi connectivity index (χ4n) is 4.03. The van der Waals surface area contributed by atoms with Crippen molar-refractivity contribution in [3.8, 4) is 17.1 Å². The molecular formula is C24H27FN2O6S. The molecule has 1 saturated heterocycles. The molecule has 8 nitrogen and oxygen atoms in total. The van der Waals surface area contributed by atoms with Crippen molar-refractivity contribution in [2.24, 2.45) is 0 Å². The number of aliphatic hydroxyl groups excluding tert-OH is 1. The number of piperidine rings is 1. The number of carbonyl (C=O) groups excluding carboxylic acids is 1. The molecule has 1 aromatic heterocycles. The molecule has 2 aromatic carbocycles. The van der Waals surface area contributed by atoms with Gasteiger partial charge in [-0.25, -0.2) is 12.8 Å². The minimum Gasteiger partial charge on any atom is -0.490 e. The molecule has 0 atom stereocenters. The van der Waals surface area contributed by atoms with E-state index in [4.69, 9.17) is 9.15 Å². The van der Waals surface area contributed by atoms with Gasteiger partial charge in [-0.3, -0.25) is 4.79 Å². The van der Waals surface area contributed by atoms with Crippen LogP contribution < -0.4 is 10.1 Å². The number of hydrogen-bond acceptors (Lipinski definition) is 6. The van der Waals surface area contributed by atoms with Crippen molar-refractivity contribution in [1.82, 2.24) is 9.62 Å². The molecule has 1 aliphatic heterocycles. The molecular weight excluding hydrogens is 463 g/mol. The number of carbonyl (C=O) groups is 1. The van der Waals surface area contributed by atoms with Gasteiger partial charge in [0, 0.05) is 37.2 Å². The van der Waals surface area contributed by atoms with Gasteiger partial charge in [0.2, 0.25) is 10.0 Å². The first-order chi connectivity index (χ1) is 16.1. The van der Waals surface area contributed by atoms with E-state index in [2.05, 4.69) is 5.32 Å². The van der Waals surface area contributed by atoms with Crippen molar-refractivity contribution >= 4 is 26.9 Å². The highest BCUT2D eigenvalue weighted by Gasteiger charge is 2.33. The smallest absolute Gasteiger partial charge is 0.255 e. The first-order valence-electron chi connectivity index (χ1n) is 11.0. The number of aliphatic hydroxyl groups is 1. The van der Waals surface area contributed by atoms with Crippen molar-refractivity contribution in [1.29, 1.82) is 0 Å². The third-order valence-corrected chi connectivity index (χ3v) is 7.64. The van der Waals surface area contributed by atoms with E-state index in [-0.39, 0.29) is 46.7 Å². The van der Waals surface area contributed by atoms with Crippen LogP contribution in [0.3, 0.4) is 0 Å². The molecule has 0 bridgehead atoms. The third kappa shape index (κ3) is 4.53. The summed E-state index contributed by atoms with van der Waals surface area (Å²) in [5, 5.41) is 12.7. The van der Waals surface area contributed by atoms with Gasteiger partial charge in [-0.15, -0.1) is 0 Å². The molecule has 0 saturated carbocycles. The summed E-state index contributed by atoms with van der Waals surface area (Å²) < 4.78 is 53.7. The molecule has 34 heavy (non-hydrogen) atoms. The molecule has 4 rings (SSSR count). The lowest BCUT2D eigenvalue weighted by molar-refractivity contribution is 0.0964. The summed E-state index contributed by atoms with van der Waals surface area (Å²) >= 11 is 0. The normalized spacial score (nSPS) is 15.7. The van der Waals surface area contributed by atoms with Crippen molar-refractivity contribution in [2.75, 3.05) is 20.1 Å². The third-order valence-electron chi connectivity index (χ3n) is 5.72. The van der Waals surface area contributed by atoms with Crippen LogP contribution in [-0.2, 0) is 10.0 Å². The summed E-state index contributed by atoms with van der Waals surface area (Å²) in [7, 11) is -2.49. The molecule has 1 fully saturated rings. The van der Waals surface area contributed by atoms with Crippen LogP contribution in [0.25, 0.3) is 22.3 Å². The van der Waals surface area contributed by atoms with Crippen LogP contribution in [0.2, 0.25) is 0 Å². The van der Waals surface area contributed by atoms with Crippen molar-refractivity contribution in [3.05, 3.63) is 47.8 Å². The summed E-state index contributed by atoms with van der Waals surface area (Å²) in [5.74, 6) is -0.575. The number of amides is 1. The number of ether oxygens (including phenoxy) is 1. The van der Waals surface area contributed by atoms with E-state index in [1.165, 1.54) is 47.8 Å². The standard InChI is InChI=1S/C24H27FN2O6S/c1-14(2)32-20-12-18-19(13-21(20)34(30,31)27-10-8-17(28)9-11-27)33-23(22(18)24(29)26-3)15-4-6-16(25)7-5-15/h4-7,12-14,17,28H,8-11H2,1-3H3,(H,26,29). The molecule has 0 aliphatic carbocycles. The molecule has 0 spiro atoms. The average molecular weight is 491 g/mol. The van der Waals surface area contributed by atoms with Crippen molar-refractivity contribution < 1.29 is 31.9 Å². The Balaban J connectivity index is 1.94. The number of benzene rings is 2. The lowest BCUT2D eigenvalue weighted by Crippen LogP contribution is -2.40. The lowest BCUT2D eigenvalue weighted by atomic mass is 10.0. The SMILES string of the molecule is CNC(=O)c1c(-c2ccc(F)cc2)oc2cc(S(=O)(=O)N3CCC(O)CC3)c(OC(C)C)cc12. The zero-order valence-corrected chi connectivity index (χ0v) is 20.0. The summed E-state index contributed by atoms with van der Waals surface area (Å²) in [6.07, 6.45) is -0.170. The van der Waals surface area contributed by atoms with Crippen molar-refractivity contribution in [3.63, 3.8) is 0 Å². The number of hydrogen-bond donors (Lipinski definition) is 2. The Labute approximate surface area is 197 Å². The van der Waals surface area contributed by atoms with E-state index in [1.54, 1.807) is 13.8 Å². The number of nitrogens with zero attached hydrogens (tertiary/aromatic N) is 1. The van der Waals surface area contributed by atoms with Gasteiger partial charge in [0.05, 0.1) is 17.8 Å². The van der Waals surface area contributed by atoms with Gasteiger partial charge in [-0.2, -0.15) is 4.31 Å². The lowest BCUT2D eigenvalue weighted by Gasteiger charge is -2.29. The van der Waals surface area contributed by atoms with Crippen LogP contribution in [0.15, 0.2) is 45.7 Å². The Bertz CT molecular complexity index is 1310. The highest BCUT2D eigenvalue weighted by Crippen LogP contribution is 2.40. The van der Waals surface area contributed by atoms with E-state index in [9.17, 15) is 22.7 Å². The van der Waals surface area contributed by atoms with E-state index in [1.807, 2.05) is 0 Å². The Morgan fingerprint density at radius 3 is 2.44 bits per heavy atom. The van der Waals surface area contributed by atoms with Gasteiger partial charge in [0.25, 0.3) is 5.91 Å². The quantitative estimate of drug-likeness (QED) is 0.547. The number of fused-ring (bicyclic) bond motifs is 1. The maximum Gasteiger partial charge on any atom is 0.255 e. The molecule has 1 amide bonds. The molecule has 3 aromatic rings. The summed E-state index contributed by atoms with van der Waals surface area (Å²) in [6, 6.07) is 8.35. The Morgan fingerprint density at radius 2 is 1.85 bits per heavy atom. The summed E-state index contributed by atoms with van der Waals surface area (Å²) in [4.78, 5) is 12.7. The molecule has 2 N–H and O–H groups in total. The average Bonchev–Trinajstić information content (AvgIpc) is 3.16. The Kier molecular flexibility index (Phi) is 6.66. The van der Waals surface area contributed by atoms with E-state index < -0.39 is 27.9 Å². The summed E-state index contributed by atoms with van der Waals surface area (Å²) in [6.45, 7) is 3.92. The molecule has 1 aliphatic rings. The number of rotatable bonds is 6. The van der Waals surface area contributed by atoms with Crippen LogP contribution in [0.4, 0.5) is 4.39 Å². The molecule has 2 heterocycles. The van der Waals surface area contributed by atoms with Gasteiger partial charge in [0.1, 0.15) is 27.8 Å². The number of halogens is 1. The molecule has 0 radical (unpaired) electrons. The highest BCUT2D eigenvalue weighted by molar-refractivity contribution is 7.89. The Hall–Kier alpha value is -2.95. The van der Waals surface area contributed by atoms with Gasteiger partial charge >= 0.3 is 0 Å². The largest absolute Gasteiger partial charge is 0.490 e. The second-order valence-electron chi connectivity index (χ2n) is 8.49. The minimum absolute atomic E-state index is 0.0760. The zero-order chi connectivity index (χ0) is 24.6. The van der Waals surface area contributed by atoms with E-state index in [0.29, 0.717) is 23.8 Å². The maximum atomic E-state index is 13.5. The van der Waals surface area contributed by atoms with Crippen LogP contribution in [0.1, 0.15) is 37.0 Å². The van der Waals surface area contributed by atoms with Crippen LogP contribution in [-0.4, -0.2) is 56.1 Å². The zero-order valence-electron chi connectivity index (χ0n) is 19.2.